The zero-order valence-corrected chi connectivity index (χ0v) is 15.5. The molecule has 0 bridgehead atoms. The van der Waals surface area contributed by atoms with Crippen LogP contribution in [0.4, 0.5) is 0 Å². The maximum atomic E-state index is 12.2. The van der Waals surface area contributed by atoms with Crippen LogP contribution in [0.15, 0.2) is 54.6 Å². The number of ether oxygens (including phenoxy) is 1. The lowest BCUT2D eigenvalue weighted by Gasteiger charge is -2.08. The van der Waals surface area contributed by atoms with E-state index >= 15 is 0 Å². The van der Waals surface area contributed by atoms with Gasteiger partial charge in [-0.1, -0.05) is 41.9 Å². The zero-order chi connectivity index (χ0) is 18.7. The van der Waals surface area contributed by atoms with E-state index in [1.165, 1.54) is 0 Å². The van der Waals surface area contributed by atoms with E-state index in [0.29, 0.717) is 21.8 Å². The molecular weight excluding hydrogens is 374 g/mol. The highest BCUT2D eigenvalue weighted by molar-refractivity contribution is 7.89. The predicted molar refractivity (Wildman–Crippen MR) is 101 cm³/mol. The van der Waals surface area contributed by atoms with E-state index in [2.05, 4.69) is 4.98 Å². The van der Waals surface area contributed by atoms with Crippen molar-refractivity contribution < 1.29 is 17.9 Å². The molecule has 0 fully saturated rings. The molecule has 0 radical (unpaired) electrons. The molecule has 0 N–H and O–H groups in total. The molecule has 3 aromatic rings. The number of para-hydroxylation sites is 1. The van der Waals surface area contributed by atoms with Gasteiger partial charge in [0.1, 0.15) is 11.8 Å². The van der Waals surface area contributed by atoms with Crippen molar-refractivity contribution in [1.29, 1.82) is 0 Å². The summed E-state index contributed by atoms with van der Waals surface area (Å²) in [4.78, 5) is 16.5. The normalized spacial score (nSPS) is 11.5. The fraction of sp³-hybridized carbons (Fsp3) is 0.158. The standard InChI is InChI=1S/C19H16ClNO4S/c1-26(23,24)12-13-6-8-14(9-7-13)19(22)25-11-16-10-15-4-2-3-5-17(15)21-18(16)20/h2-10H,11-12H2,1H3. The lowest BCUT2D eigenvalue weighted by molar-refractivity contribution is 0.0472. The second kappa shape index (κ2) is 7.43. The van der Waals surface area contributed by atoms with Crippen LogP contribution in [0.2, 0.25) is 5.15 Å². The first-order valence-corrected chi connectivity index (χ1v) is 10.2. The topological polar surface area (TPSA) is 73.3 Å². The number of esters is 1. The highest BCUT2D eigenvalue weighted by atomic mass is 35.5. The van der Waals surface area contributed by atoms with Gasteiger partial charge in [0.2, 0.25) is 0 Å². The monoisotopic (exact) mass is 389 g/mol. The van der Waals surface area contributed by atoms with Crippen LogP contribution in [0.25, 0.3) is 10.9 Å². The Morgan fingerprint density at radius 1 is 1.12 bits per heavy atom. The van der Waals surface area contributed by atoms with Crippen LogP contribution in [-0.4, -0.2) is 25.6 Å². The van der Waals surface area contributed by atoms with Crippen LogP contribution in [0.1, 0.15) is 21.5 Å². The number of carbonyl (C=O) groups is 1. The molecule has 26 heavy (non-hydrogen) atoms. The lowest BCUT2D eigenvalue weighted by atomic mass is 10.1. The number of sulfone groups is 1. The number of rotatable bonds is 5. The number of hydrogen-bond acceptors (Lipinski definition) is 5. The molecule has 3 rings (SSSR count). The molecule has 7 heteroatoms. The molecule has 0 aliphatic heterocycles. The molecule has 0 aliphatic rings. The predicted octanol–water partition coefficient (Wildman–Crippen LogP) is 3.79. The Morgan fingerprint density at radius 2 is 1.81 bits per heavy atom. The Hall–Kier alpha value is -2.44. The third-order valence-electron chi connectivity index (χ3n) is 3.73. The molecule has 0 saturated carbocycles. The number of halogens is 1. The zero-order valence-electron chi connectivity index (χ0n) is 14.0. The van der Waals surface area contributed by atoms with Gasteiger partial charge in [0, 0.05) is 17.2 Å². The van der Waals surface area contributed by atoms with Gasteiger partial charge in [-0.15, -0.1) is 0 Å². The second-order valence-corrected chi connectivity index (χ2v) is 8.47. The smallest absolute Gasteiger partial charge is 0.338 e. The van der Waals surface area contributed by atoms with E-state index in [1.54, 1.807) is 24.3 Å². The fourth-order valence-electron chi connectivity index (χ4n) is 2.50. The Morgan fingerprint density at radius 3 is 2.50 bits per heavy atom. The van der Waals surface area contributed by atoms with Crippen LogP contribution in [0, 0.1) is 0 Å². The van der Waals surface area contributed by atoms with E-state index in [9.17, 15) is 13.2 Å². The number of fused-ring (bicyclic) bond motifs is 1. The summed E-state index contributed by atoms with van der Waals surface area (Å²) in [6, 6.07) is 15.7. The molecule has 0 atom stereocenters. The molecule has 2 aromatic carbocycles. The minimum Gasteiger partial charge on any atom is -0.457 e. The molecular formula is C19H16ClNO4S. The average Bonchev–Trinajstić information content (AvgIpc) is 2.59. The summed E-state index contributed by atoms with van der Waals surface area (Å²) in [6.07, 6.45) is 1.16. The number of nitrogens with zero attached hydrogens (tertiary/aromatic N) is 1. The van der Waals surface area contributed by atoms with Crippen molar-refractivity contribution >= 4 is 38.3 Å². The van der Waals surface area contributed by atoms with Crippen LogP contribution in [-0.2, 0) is 26.9 Å². The van der Waals surface area contributed by atoms with Crippen molar-refractivity contribution in [1.82, 2.24) is 4.98 Å². The third-order valence-corrected chi connectivity index (χ3v) is 4.91. The summed E-state index contributed by atoms with van der Waals surface area (Å²) in [5.74, 6) is -0.583. The van der Waals surface area contributed by atoms with Gasteiger partial charge < -0.3 is 4.74 Å². The number of benzene rings is 2. The van der Waals surface area contributed by atoms with Gasteiger partial charge in [0.25, 0.3) is 0 Å². The number of carbonyl (C=O) groups excluding carboxylic acids is 1. The van der Waals surface area contributed by atoms with Crippen LogP contribution in [0.5, 0.6) is 0 Å². The van der Waals surface area contributed by atoms with Crippen molar-refractivity contribution in [2.75, 3.05) is 6.26 Å². The van der Waals surface area contributed by atoms with Crippen LogP contribution >= 0.6 is 11.6 Å². The first kappa shape index (κ1) is 18.4. The molecule has 5 nitrogen and oxygen atoms in total. The molecule has 0 unspecified atom stereocenters. The van der Waals surface area contributed by atoms with Gasteiger partial charge in [-0.25, -0.2) is 18.2 Å². The summed E-state index contributed by atoms with van der Waals surface area (Å²) in [6.45, 7) is 0.000587. The fourth-order valence-corrected chi connectivity index (χ4v) is 3.50. The largest absolute Gasteiger partial charge is 0.457 e. The van der Waals surface area contributed by atoms with Crippen molar-refractivity contribution in [2.45, 2.75) is 12.4 Å². The Labute approximate surface area is 156 Å². The van der Waals surface area contributed by atoms with Gasteiger partial charge in [-0.3, -0.25) is 0 Å². The Bertz CT molecular complexity index is 1060. The molecule has 134 valence electrons. The second-order valence-electron chi connectivity index (χ2n) is 5.97. The third kappa shape index (κ3) is 4.59. The molecule has 0 amide bonds. The molecule has 0 aliphatic carbocycles. The number of aromatic nitrogens is 1. The first-order valence-electron chi connectivity index (χ1n) is 7.80. The lowest BCUT2D eigenvalue weighted by Crippen LogP contribution is -2.07. The van der Waals surface area contributed by atoms with Crippen molar-refractivity contribution in [3.8, 4) is 0 Å². The summed E-state index contributed by atoms with van der Waals surface area (Å²) in [5.41, 5.74) is 2.35. The summed E-state index contributed by atoms with van der Waals surface area (Å²) >= 11 is 6.16. The maximum Gasteiger partial charge on any atom is 0.338 e. The van der Waals surface area contributed by atoms with E-state index in [1.807, 2.05) is 30.3 Å². The minimum atomic E-state index is -3.12. The highest BCUT2D eigenvalue weighted by Gasteiger charge is 2.11. The van der Waals surface area contributed by atoms with Gasteiger partial charge in [-0.05, 0) is 29.8 Å². The first-order chi connectivity index (χ1) is 12.3. The number of pyridine rings is 1. The molecule has 0 saturated heterocycles. The van der Waals surface area contributed by atoms with Gasteiger partial charge in [-0.2, -0.15) is 0 Å². The van der Waals surface area contributed by atoms with Crippen LogP contribution in [0.3, 0.4) is 0 Å². The molecule has 1 heterocycles. The molecule has 1 aromatic heterocycles. The van der Waals surface area contributed by atoms with Crippen LogP contribution < -0.4 is 0 Å². The summed E-state index contributed by atoms with van der Waals surface area (Å²) in [5, 5.41) is 1.20. The minimum absolute atomic E-state index is 0.000587. The van der Waals surface area contributed by atoms with Gasteiger partial charge in [0.15, 0.2) is 9.84 Å². The van der Waals surface area contributed by atoms with Gasteiger partial charge in [0.05, 0.1) is 16.8 Å². The summed E-state index contributed by atoms with van der Waals surface area (Å²) < 4.78 is 27.9. The van der Waals surface area contributed by atoms with Crippen molar-refractivity contribution in [3.05, 3.63) is 76.4 Å². The van der Waals surface area contributed by atoms with E-state index in [-0.39, 0.29) is 12.4 Å². The van der Waals surface area contributed by atoms with Crippen molar-refractivity contribution in [2.24, 2.45) is 0 Å². The SMILES string of the molecule is CS(=O)(=O)Cc1ccc(C(=O)OCc2cc3ccccc3nc2Cl)cc1. The molecule has 0 spiro atoms. The van der Waals surface area contributed by atoms with E-state index in [0.717, 1.165) is 17.2 Å². The Balaban J connectivity index is 1.70. The summed E-state index contributed by atoms with van der Waals surface area (Å²) in [7, 11) is -3.12. The Kier molecular flexibility index (Phi) is 5.25. The maximum absolute atomic E-state index is 12.2. The van der Waals surface area contributed by atoms with Gasteiger partial charge >= 0.3 is 5.97 Å². The number of hydrogen-bond donors (Lipinski definition) is 0. The highest BCUT2D eigenvalue weighted by Crippen LogP contribution is 2.21. The average molecular weight is 390 g/mol. The van der Waals surface area contributed by atoms with Crippen molar-refractivity contribution in [3.63, 3.8) is 0 Å². The quantitative estimate of drug-likeness (QED) is 0.490. The van der Waals surface area contributed by atoms with E-state index in [4.69, 9.17) is 16.3 Å². The van der Waals surface area contributed by atoms with E-state index < -0.39 is 15.8 Å².